The highest BCUT2D eigenvalue weighted by atomic mass is 16.6. The van der Waals surface area contributed by atoms with Gasteiger partial charge in [-0.3, -0.25) is 9.59 Å². The third kappa shape index (κ3) is 2.15. The maximum absolute atomic E-state index is 12.3. The molecular formula is C17H15NO4. The first kappa shape index (κ1) is 14.3. The third-order valence-corrected chi connectivity index (χ3v) is 3.35. The van der Waals surface area contributed by atoms with E-state index in [0.29, 0.717) is 5.39 Å². The SMILES string of the molecule is CC(C)(C)OC(=O)N1C(=O)C(=O)c2c1ccc1ccccc21. The Morgan fingerprint density at radius 3 is 2.41 bits per heavy atom. The Bertz CT molecular complexity index is 817. The lowest BCUT2D eigenvalue weighted by Gasteiger charge is -2.23. The van der Waals surface area contributed by atoms with Gasteiger partial charge in [-0.2, -0.15) is 0 Å². The van der Waals surface area contributed by atoms with Crippen molar-refractivity contribution in [1.82, 2.24) is 0 Å². The molecule has 0 aliphatic carbocycles. The van der Waals surface area contributed by atoms with E-state index in [0.717, 1.165) is 10.3 Å². The first-order valence-corrected chi connectivity index (χ1v) is 6.93. The summed E-state index contributed by atoms with van der Waals surface area (Å²) in [5.74, 6) is -1.56. The van der Waals surface area contributed by atoms with Crippen LogP contribution in [-0.4, -0.2) is 23.4 Å². The largest absolute Gasteiger partial charge is 0.443 e. The van der Waals surface area contributed by atoms with Crippen LogP contribution in [0, 0.1) is 0 Å². The average molecular weight is 297 g/mol. The summed E-state index contributed by atoms with van der Waals surface area (Å²) < 4.78 is 5.22. The predicted molar refractivity (Wildman–Crippen MR) is 82.0 cm³/mol. The minimum absolute atomic E-state index is 0.258. The van der Waals surface area contributed by atoms with E-state index < -0.39 is 23.4 Å². The molecular weight excluding hydrogens is 282 g/mol. The minimum atomic E-state index is -0.874. The third-order valence-electron chi connectivity index (χ3n) is 3.35. The molecule has 0 spiro atoms. The first-order chi connectivity index (χ1) is 10.3. The topological polar surface area (TPSA) is 63.7 Å². The molecule has 3 rings (SSSR count). The van der Waals surface area contributed by atoms with Gasteiger partial charge in [0.05, 0.1) is 11.3 Å². The summed E-state index contributed by atoms with van der Waals surface area (Å²) in [7, 11) is 0. The second kappa shape index (κ2) is 4.66. The molecule has 0 saturated heterocycles. The second-order valence-corrected chi connectivity index (χ2v) is 6.13. The Labute approximate surface area is 127 Å². The Kier molecular flexibility index (Phi) is 3.02. The number of anilines is 1. The van der Waals surface area contributed by atoms with Crippen LogP contribution in [0.2, 0.25) is 0 Å². The van der Waals surface area contributed by atoms with Gasteiger partial charge in [-0.05, 0) is 37.6 Å². The number of hydrogen-bond donors (Lipinski definition) is 0. The van der Waals surface area contributed by atoms with Gasteiger partial charge < -0.3 is 4.74 Å². The maximum Gasteiger partial charge on any atom is 0.422 e. The number of Topliss-reactive ketones (excluding diaryl/α,β-unsaturated/α-hetero) is 1. The zero-order chi connectivity index (χ0) is 16.1. The number of ketones is 1. The van der Waals surface area contributed by atoms with E-state index >= 15 is 0 Å². The summed E-state index contributed by atoms with van der Waals surface area (Å²) in [6.07, 6.45) is -0.833. The van der Waals surface area contributed by atoms with Crippen molar-refractivity contribution in [3.63, 3.8) is 0 Å². The Hall–Kier alpha value is -2.69. The van der Waals surface area contributed by atoms with E-state index in [1.54, 1.807) is 45.0 Å². The summed E-state index contributed by atoms with van der Waals surface area (Å²) >= 11 is 0. The minimum Gasteiger partial charge on any atom is -0.443 e. The summed E-state index contributed by atoms with van der Waals surface area (Å²) in [5.41, 5.74) is -0.211. The molecule has 2 aromatic carbocycles. The average Bonchev–Trinajstić information content (AvgIpc) is 2.69. The van der Waals surface area contributed by atoms with Crippen molar-refractivity contribution in [2.45, 2.75) is 26.4 Å². The van der Waals surface area contributed by atoms with Crippen molar-refractivity contribution in [2.24, 2.45) is 0 Å². The highest BCUT2D eigenvalue weighted by Crippen LogP contribution is 2.35. The van der Waals surface area contributed by atoms with E-state index in [1.807, 2.05) is 12.1 Å². The molecule has 0 atom stereocenters. The van der Waals surface area contributed by atoms with Crippen LogP contribution in [-0.2, 0) is 9.53 Å². The fourth-order valence-corrected chi connectivity index (χ4v) is 2.49. The van der Waals surface area contributed by atoms with Crippen molar-refractivity contribution < 1.29 is 19.1 Å². The van der Waals surface area contributed by atoms with Crippen LogP contribution in [0.15, 0.2) is 36.4 Å². The Morgan fingerprint density at radius 2 is 1.73 bits per heavy atom. The number of fused-ring (bicyclic) bond motifs is 3. The summed E-state index contributed by atoms with van der Waals surface area (Å²) in [6.45, 7) is 5.11. The first-order valence-electron chi connectivity index (χ1n) is 6.93. The van der Waals surface area contributed by atoms with Crippen molar-refractivity contribution in [2.75, 3.05) is 4.90 Å². The van der Waals surface area contributed by atoms with E-state index in [2.05, 4.69) is 0 Å². The molecule has 1 aliphatic rings. The summed E-state index contributed by atoms with van der Waals surface area (Å²) in [4.78, 5) is 37.6. The standard InChI is InChI=1S/C17H15NO4/c1-17(2,3)22-16(21)18-12-9-8-10-6-4-5-7-11(10)13(12)14(19)15(18)20/h4-9H,1-3H3. The second-order valence-electron chi connectivity index (χ2n) is 6.13. The predicted octanol–water partition coefficient (Wildman–Crippen LogP) is 3.30. The Balaban J connectivity index is 2.15. The van der Waals surface area contributed by atoms with Crippen LogP contribution in [0.4, 0.5) is 10.5 Å². The zero-order valence-electron chi connectivity index (χ0n) is 12.5. The number of amides is 2. The Morgan fingerprint density at radius 1 is 1.05 bits per heavy atom. The maximum atomic E-state index is 12.3. The number of imide groups is 1. The number of carbonyl (C=O) groups excluding carboxylic acids is 3. The van der Waals surface area contributed by atoms with Gasteiger partial charge in [0.25, 0.3) is 5.78 Å². The molecule has 0 N–H and O–H groups in total. The number of nitrogens with zero attached hydrogens (tertiary/aromatic N) is 1. The van der Waals surface area contributed by atoms with Gasteiger partial charge in [0.2, 0.25) is 0 Å². The molecule has 1 heterocycles. The monoisotopic (exact) mass is 297 g/mol. The fourth-order valence-electron chi connectivity index (χ4n) is 2.49. The molecule has 5 heteroatoms. The van der Waals surface area contributed by atoms with Crippen molar-refractivity contribution in [3.8, 4) is 0 Å². The van der Waals surface area contributed by atoms with E-state index in [4.69, 9.17) is 4.74 Å². The van der Waals surface area contributed by atoms with E-state index in [-0.39, 0.29) is 11.3 Å². The molecule has 112 valence electrons. The molecule has 2 amide bonds. The van der Waals surface area contributed by atoms with Crippen molar-refractivity contribution in [3.05, 3.63) is 42.0 Å². The quantitative estimate of drug-likeness (QED) is 0.700. The van der Waals surface area contributed by atoms with E-state index in [1.165, 1.54) is 0 Å². The van der Waals surface area contributed by atoms with E-state index in [9.17, 15) is 14.4 Å². The van der Waals surface area contributed by atoms with Gasteiger partial charge in [-0.15, -0.1) is 0 Å². The molecule has 22 heavy (non-hydrogen) atoms. The molecule has 0 aromatic heterocycles. The lowest BCUT2D eigenvalue weighted by molar-refractivity contribution is -0.114. The summed E-state index contributed by atoms with van der Waals surface area (Å²) in [5, 5.41) is 1.50. The van der Waals surface area contributed by atoms with Gasteiger partial charge in [-0.1, -0.05) is 30.3 Å². The fraction of sp³-hybridized carbons (Fsp3) is 0.235. The van der Waals surface area contributed by atoms with Gasteiger partial charge in [0.15, 0.2) is 0 Å². The van der Waals surface area contributed by atoms with Crippen LogP contribution in [0.3, 0.4) is 0 Å². The molecule has 0 saturated carbocycles. The van der Waals surface area contributed by atoms with Crippen LogP contribution >= 0.6 is 0 Å². The number of rotatable bonds is 0. The number of hydrogen-bond acceptors (Lipinski definition) is 4. The van der Waals surface area contributed by atoms with Gasteiger partial charge in [0.1, 0.15) is 5.60 Å². The molecule has 0 bridgehead atoms. The van der Waals surface area contributed by atoms with Crippen LogP contribution in [0.1, 0.15) is 31.1 Å². The number of ether oxygens (including phenoxy) is 1. The molecule has 2 aromatic rings. The normalized spacial score (nSPS) is 14.4. The molecule has 5 nitrogen and oxygen atoms in total. The lowest BCUT2D eigenvalue weighted by atomic mass is 10.0. The highest BCUT2D eigenvalue weighted by molar-refractivity contribution is 6.57. The van der Waals surface area contributed by atoms with Crippen LogP contribution < -0.4 is 4.90 Å². The van der Waals surface area contributed by atoms with Gasteiger partial charge in [-0.25, -0.2) is 9.69 Å². The zero-order valence-corrected chi connectivity index (χ0v) is 12.5. The lowest BCUT2D eigenvalue weighted by Crippen LogP contribution is -2.40. The number of benzene rings is 2. The van der Waals surface area contributed by atoms with Gasteiger partial charge in [0, 0.05) is 0 Å². The van der Waals surface area contributed by atoms with Crippen LogP contribution in [0.5, 0.6) is 0 Å². The van der Waals surface area contributed by atoms with Crippen molar-refractivity contribution >= 4 is 34.2 Å². The van der Waals surface area contributed by atoms with Gasteiger partial charge >= 0.3 is 12.0 Å². The number of carbonyl (C=O) groups is 3. The van der Waals surface area contributed by atoms with Crippen LogP contribution in [0.25, 0.3) is 10.8 Å². The molecule has 0 unspecified atom stereocenters. The molecule has 0 fully saturated rings. The summed E-state index contributed by atoms with van der Waals surface area (Å²) in [6, 6.07) is 10.6. The molecule has 0 radical (unpaired) electrons. The highest BCUT2D eigenvalue weighted by Gasteiger charge is 2.42. The smallest absolute Gasteiger partial charge is 0.422 e. The van der Waals surface area contributed by atoms with Crippen molar-refractivity contribution in [1.29, 1.82) is 0 Å². The molecule has 1 aliphatic heterocycles.